The SMILES string of the molecule is CC(C)(C)CC(C)(C)NC(=O)COC(=O)c1ccc(Cl)c([N+](=O)[O-])c1. The fourth-order valence-electron chi connectivity index (χ4n) is 2.78. The van der Waals surface area contributed by atoms with E-state index in [1.165, 1.54) is 12.1 Å². The summed E-state index contributed by atoms with van der Waals surface area (Å²) in [6.07, 6.45) is 0.739. The van der Waals surface area contributed by atoms with E-state index in [1.807, 2.05) is 13.8 Å². The second kappa shape index (κ2) is 7.82. The summed E-state index contributed by atoms with van der Waals surface area (Å²) >= 11 is 5.69. The summed E-state index contributed by atoms with van der Waals surface area (Å²) in [5, 5.41) is 13.6. The van der Waals surface area contributed by atoms with Crippen molar-refractivity contribution in [1.29, 1.82) is 0 Å². The fourth-order valence-corrected chi connectivity index (χ4v) is 2.96. The third-order valence-corrected chi connectivity index (χ3v) is 3.48. The van der Waals surface area contributed by atoms with Gasteiger partial charge in [-0.1, -0.05) is 32.4 Å². The molecule has 1 aromatic rings. The van der Waals surface area contributed by atoms with Gasteiger partial charge in [0.15, 0.2) is 6.61 Å². The molecule has 0 heterocycles. The van der Waals surface area contributed by atoms with Crippen LogP contribution in [0.1, 0.15) is 51.4 Å². The van der Waals surface area contributed by atoms with Crippen molar-refractivity contribution in [3.63, 3.8) is 0 Å². The maximum Gasteiger partial charge on any atom is 0.338 e. The average molecular weight is 371 g/mol. The molecular formula is C17H23ClN2O5. The van der Waals surface area contributed by atoms with E-state index in [9.17, 15) is 19.7 Å². The Labute approximate surface area is 151 Å². The van der Waals surface area contributed by atoms with Crippen molar-refractivity contribution in [2.45, 2.75) is 46.6 Å². The number of nitro groups is 1. The highest BCUT2D eigenvalue weighted by Crippen LogP contribution is 2.27. The number of hydrogen-bond donors (Lipinski definition) is 1. The number of nitrogens with one attached hydrogen (secondary N) is 1. The Hall–Kier alpha value is -2.15. The molecule has 7 nitrogen and oxygen atoms in total. The largest absolute Gasteiger partial charge is 0.452 e. The molecule has 25 heavy (non-hydrogen) atoms. The third kappa shape index (κ3) is 7.09. The van der Waals surface area contributed by atoms with Gasteiger partial charge in [0.25, 0.3) is 11.6 Å². The highest BCUT2D eigenvalue weighted by molar-refractivity contribution is 6.32. The van der Waals surface area contributed by atoms with Crippen molar-refractivity contribution in [1.82, 2.24) is 5.32 Å². The Balaban J connectivity index is 2.66. The lowest BCUT2D eigenvalue weighted by atomic mass is 9.82. The van der Waals surface area contributed by atoms with Crippen LogP contribution in [0.15, 0.2) is 18.2 Å². The molecule has 0 saturated heterocycles. The number of carbonyl (C=O) groups excluding carboxylic acids is 2. The first-order valence-corrected chi connectivity index (χ1v) is 8.11. The topological polar surface area (TPSA) is 98.5 Å². The quantitative estimate of drug-likeness (QED) is 0.467. The Morgan fingerprint density at radius 1 is 1.24 bits per heavy atom. The van der Waals surface area contributed by atoms with Crippen LogP contribution in [-0.2, 0) is 9.53 Å². The van der Waals surface area contributed by atoms with Gasteiger partial charge >= 0.3 is 5.97 Å². The summed E-state index contributed by atoms with van der Waals surface area (Å²) in [4.78, 5) is 34.1. The van der Waals surface area contributed by atoms with Crippen LogP contribution in [0.4, 0.5) is 5.69 Å². The van der Waals surface area contributed by atoms with Gasteiger partial charge < -0.3 is 10.1 Å². The fraction of sp³-hybridized carbons (Fsp3) is 0.529. The first-order chi connectivity index (χ1) is 11.3. The highest BCUT2D eigenvalue weighted by atomic mass is 35.5. The molecule has 1 rings (SSSR count). The number of amides is 1. The van der Waals surface area contributed by atoms with Gasteiger partial charge in [0.2, 0.25) is 0 Å². The Bertz CT molecular complexity index is 680. The molecule has 0 spiro atoms. The number of ether oxygens (including phenoxy) is 1. The maximum absolute atomic E-state index is 12.0. The molecule has 0 fully saturated rings. The van der Waals surface area contributed by atoms with Crippen LogP contribution in [0.5, 0.6) is 0 Å². The van der Waals surface area contributed by atoms with E-state index in [1.54, 1.807) is 0 Å². The van der Waals surface area contributed by atoms with E-state index in [4.69, 9.17) is 16.3 Å². The second-order valence-electron chi connectivity index (χ2n) is 7.67. The van der Waals surface area contributed by atoms with Gasteiger partial charge in [0, 0.05) is 11.6 Å². The van der Waals surface area contributed by atoms with Crippen molar-refractivity contribution < 1.29 is 19.2 Å². The Kier molecular flexibility index (Phi) is 6.54. The molecule has 1 N–H and O–H groups in total. The number of rotatable bonds is 6. The average Bonchev–Trinajstić information content (AvgIpc) is 2.41. The zero-order valence-electron chi connectivity index (χ0n) is 15.0. The van der Waals surface area contributed by atoms with E-state index < -0.39 is 34.6 Å². The molecule has 0 aromatic heterocycles. The first-order valence-electron chi connectivity index (χ1n) is 7.73. The zero-order chi connectivity index (χ0) is 19.4. The number of halogens is 1. The van der Waals surface area contributed by atoms with Crippen LogP contribution in [0.3, 0.4) is 0 Å². The van der Waals surface area contributed by atoms with Gasteiger partial charge in [0.05, 0.1) is 10.5 Å². The summed E-state index contributed by atoms with van der Waals surface area (Å²) < 4.78 is 4.92. The smallest absolute Gasteiger partial charge is 0.338 e. The summed E-state index contributed by atoms with van der Waals surface area (Å²) in [5.74, 6) is -1.27. The number of nitro benzene ring substituents is 1. The minimum absolute atomic E-state index is 0.0235. The minimum Gasteiger partial charge on any atom is -0.452 e. The monoisotopic (exact) mass is 370 g/mol. The van der Waals surface area contributed by atoms with Gasteiger partial charge in [0.1, 0.15) is 5.02 Å². The normalized spacial score (nSPS) is 11.8. The molecule has 0 saturated carbocycles. The maximum atomic E-state index is 12.0. The molecule has 138 valence electrons. The van der Waals surface area contributed by atoms with E-state index in [-0.39, 0.29) is 16.0 Å². The Morgan fingerprint density at radius 2 is 1.84 bits per heavy atom. The lowest BCUT2D eigenvalue weighted by Crippen LogP contribution is -2.47. The predicted molar refractivity (Wildman–Crippen MR) is 94.7 cm³/mol. The van der Waals surface area contributed by atoms with E-state index in [0.717, 1.165) is 12.5 Å². The molecule has 0 radical (unpaired) electrons. The van der Waals surface area contributed by atoms with Crippen LogP contribution in [0.2, 0.25) is 5.02 Å². The van der Waals surface area contributed by atoms with Crippen molar-refractivity contribution in [2.24, 2.45) is 5.41 Å². The summed E-state index contributed by atoms with van der Waals surface area (Å²) in [6, 6.07) is 3.56. The lowest BCUT2D eigenvalue weighted by molar-refractivity contribution is -0.384. The van der Waals surface area contributed by atoms with Crippen molar-refractivity contribution in [3.05, 3.63) is 38.9 Å². The summed E-state index contributed by atoms with van der Waals surface area (Å²) in [5.41, 5.74) is -0.874. The number of benzene rings is 1. The molecule has 1 amide bonds. The second-order valence-corrected chi connectivity index (χ2v) is 8.08. The van der Waals surface area contributed by atoms with Gasteiger partial charge in [-0.05, 0) is 37.8 Å². The van der Waals surface area contributed by atoms with Crippen molar-refractivity contribution >= 4 is 29.2 Å². The molecule has 0 unspecified atom stereocenters. The van der Waals surface area contributed by atoms with Crippen LogP contribution in [0, 0.1) is 15.5 Å². The number of hydrogen-bond acceptors (Lipinski definition) is 5. The lowest BCUT2D eigenvalue weighted by Gasteiger charge is -2.33. The third-order valence-electron chi connectivity index (χ3n) is 3.16. The molecule has 0 atom stereocenters. The van der Waals surface area contributed by atoms with Crippen molar-refractivity contribution in [2.75, 3.05) is 6.61 Å². The van der Waals surface area contributed by atoms with Gasteiger partial charge in [-0.25, -0.2) is 4.79 Å². The van der Waals surface area contributed by atoms with E-state index in [0.29, 0.717) is 0 Å². The summed E-state index contributed by atoms with van der Waals surface area (Å²) in [7, 11) is 0. The van der Waals surface area contributed by atoms with E-state index in [2.05, 4.69) is 26.1 Å². The van der Waals surface area contributed by atoms with Crippen LogP contribution in [-0.4, -0.2) is 28.9 Å². The molecule has 0 bridgehead atoms. The number of nitrogens with zero attached hydrogens (tertiary/aromatic N) is 1. The molecule has 0 aliphatic heterocycles. The first kappa shape index (κ1) is 20.9. The number of esters is 1. The van der Waals surface area contributed by atoms with Crippen LogP contribution in [0.25, 0.3) is 0 Å². The minimum atomic E-state index is -0.830. The number of carbonyl (C=O) groups is 2. The summed E-state index contributed by atoms with van der Waals surface area (Å²) in [6.45, 7) is 9.50. The molecule has 8 heteroatoms. The molecular weight excluding hydrogens is 348 g/mol. The molecule has 0 aliphatic carbocycles. The highest BCUT2D eigenvalue weighted by Gasteiger charge is 2.27. The standard InChI is InChI=1S/C17H23ClN2O5/c1-16(2,3)10-17(4,5)19-14(21)9-25-15(22)11-6-7-12(18)13(8-11)20(23)24/h6-8H,9-10H2,1-5H3,(H,19,21). The van der Waals surface area contributed by atoms with Crippen molar-refractivity contribution in [3.8, 4) is 0 Å². The van der Waals surface area contributed by atoms with E-state index >= 15 is 0 Å². The molecule has 1 aromatic carbocycles. The van der Waals surface area contributed by atoms with Gasteiger partial charge in [-0.3, -0.25) is 14.9 Å². The predicted octanol–water partition coefficient (Wildman–Crippen LogP) is 3.74. The Morgan fingerprint density at radius 3 is 2.36 bits per heavy atom. The van der Waals surface area contributed by atoms with Crippen LogP contribution >= 0.6 is 11.6 Å². The molecule has 0 aliphatic rings. The van der Waals surface area contributed by atoms with Crippen LogP contribution < -0.4 is 5.32 Å². The zero-order valence-corrected chi connectivity index (χ0v) is 15.8. The van der Waals surface area contributed by atoms with Gasteiger partial charge in [-0.2, -0.15) is 0 Å². The van der Waals surface area contributed by atoms with Gasteiger partial charge in [-0.15, -0.1) is 0 Å².